The van der Waals surface area contributed by atoms with Crippen LogP contribution in [-0.2, 0) is 0 Å². The van der Waals surface area contributed by atoms with E-state index in [9.17, 15) is 0 Å². The molecule has 5 heteroatoms. The van der Waals surface area contributed by atoms with Gasteiger partial charge < -0.3 is 4.98 Å². The van der Waals surface area contributed by atoms with Crippen molar-refractivity contribution in [3.63, 3.8) is 0 Å². The van der Waals surface area contributed by atoms with Crippen LogP contribution >= 0.6 is 0 Å². The fraction of sp³-hybridized carbons (Fsp3) is 0. The fourth-order valence-electron chi connectivity index (χ4n) is 2.41. The summed E-state index contributed by atoms with van der Waals surface area (Å²) in [5.41, 5.74) is 3.86. The van der Waals surface area contributed by atoms with Crippen molar-refractivity contribution in [2.45, 2.75) is 0 Å². The maximum Gasteiger partial charge on any atom is 0.141 e. The van der Waals surface area contributed by atoms with Gasteiger partial charge in [-0.2, -0.15) is 5.26 Å². The van der Waals surface area contributed by atoms with Crippen LogP contribution in [0.4, 0.5) is 0 Å². The Morgan fingerprint density at radius 2 is 1.95 bits per heavy atom. The molecule has 1 N–H and O–H groups in total. The highest BCUT2D eigenvalue weighted by molar-refractivity contribution is 6.06. The molecule has 0 spiro atoms. The molecule has 0 bridgehead atoms. The summed E-state index contributed by atoms with van der Waals surface area (Å²) < 4.78 is 0. The zero-order chi connectivity index (χ0) is 14.2. The monoisotopic (exact) mass is 271 g/mol. The molecule has 0 aliphatic rings. The first-order valence-electron chi connectivity index (χ1n) is 6.44. The molecule has 0 saturated heterocycles. The fourth-order valence-corrected chi connectivity index (χ4v) is 2.41. The first-order valence-corrected chi connectivity index (χ1v) is 6.44. The maximum absolute atomic E-state index is 8.99. The number of nitrogens with zero attached hydrogens (tertiary/aromatic N) is 4. The van der Waals surface area contributed by atoms with Gasteiger partial charge in [0.2, 0.25) is 0 Å². The van der Waals surface area contributed by atoms with Crippen LogP contribution < -0.4 is 0 Å². The van der Waals surface area contributed by atoms with E-state index < -0.39 is 0 Å². The van der Waals surface area contributed by atoms with Crippen molar-refractivity contribution in [2.75, 3.05) is 0 Å². The largest absolute Gasteiger partial charge is 0.338 e. The number of aromatic nitrogens is 4. The number of nitrogens with one attached hydrogen (secondary N) is 1. The molecule has 0 fully saturated rings. The molecule has 4 aromatic rings. The molecule has 0 unspecified atom stereocenters. The summed E-state index contributed by atoms with van der Waals surface area (Å²) in [6.07, 6.45) is 5.21. The minimum Gasteiger partial charge on any atom is -0.338 e. The summed E-state index contributed by atoms with van der Waals surface area (Å²) in [6, 6.07) is 11.6. The molecule has 0 atom stereocenters. The second-order valence-electron chi connectivity index (χ2n) is 4.69. The third kappa shape index (κ3) is 1.82. The Morgan fingerprint density at radius 1 is 1.00 bits per heavy atom. The van der Waals surface area contributed by atoms with Gasteiger partial charge in [-0.05, 0) is 24.3 Å². The number of aromatic amines is 1. The first kappa shape index (κ1) is 11.6. The van der Waals surface area contributed by atoms with E-state index in [-0.39, 0.29) is 0 Å². The van der Waals surface area contributed by atoms with E-state index in [1.807, 2.05) is 24.3 Å². The van der Waals surface area contributed by atoms with Gasteiger partial charge >= 0.3 is 0 Å². The molecule has 0 amide bonds. The highest BCUT2D eigenvalue weighted by Crippen LogP contribution is 2.27. The summed E-state index contributed by atoms with van der Waals surface area (Å²) >= 11 is 0. The van der Waals surface area contributed by atoms with Crippen LogP contribution in [0, 0.1) is 11.3 Å². The van der Waals surface area contributed by atoms with Crippen LogP contribution in [0.25, 0.3) is 33.2 Å². The standard InChI is InChI=1S/C16H9N5/c17-7-11-6-12-13-5-10(14-3-1-2-4-18-14)8-20-16(13)21-15(12)9-19-11/h1-6,8-9H,(H,20,21). The summed E-state index contributed by atoms with van der Waals surface area (Å²) in [5, 5.41) is 10.9. The number of rotatable bonds is 1. The van der Waals surface area contributed by atoms with Crippen LogP contribution in [0.3, 0.4) is 0 Å². The molecular weight excluding hydrogens is 262 g/mol. The molecule has 4 aromatic heterocycles. The number of nitriles is 1. The van der Waals surface area contributed by atoms with Gasteiger partial charge in [-0.25, -0.2) is 9.97 Å². The molecule has 0 aliphatic heterocycles. The topological polar surface area (TPSA) is 78.2 Å². The Labute approximate surface area is 119 Å². The van der Waals surface area contributed by atoms with Crippen molar-refractivity contribution in [1.82, 2.24) is 19.9 Å². The molecule has 4 heterocycles. The Morgan fingerprint density at radius 3 is 2.76 bits per heavy atom. The number of fused-ring (bicyclic) bond motifs is 3. The SMILES string of the molecule is N#Cc1cc2c(cn1)[nH]c1ncc(-c3ccccn3)cc12. The maximum atomic E-state index is 8.99. The van der Waals surface area contributed by atoms with Gasteiger partial charge in [0.05, 0.1) is 17.4 Å². The molecular formula is C16H9N5. The third-order valence-corrected chi connectivity index (χ3v) is 3.41. The molecule has 0 aromatic carbocycles. The second kappa shape index (κ2) is 4.39. The van der Waals surface area contributed by atoms with E-state index in [0.717, 1.165) is 33.2 Å². The van der Waals surface area contributed by atoms with Crippen molar-refractivity contribution < 1.29 is 0 Å². The second-order valence-corrected chi connectivity index (χ2v) is 4.69. The van der Waals surface area contributed by atoms with E-state index in [4.69, 9.17) is 5.26 Å². The number of hydrogen-bond acceptors (Lipinski definition) is 4. The predicted molar refractivity (Wildman–Crippen MR) is 79.3 cm³/mol. The van der Waals surface area contributed by atoms with Crippen molar-refractivity contribution in [3.05, 3.63) is 54.6 Å². The van der Waals surface area contributed by atoms with Crippen LogP contribution in [-0.4, -0.2) is 19.9 Å². The van der Waals surface area contributed by atoms with Crippen molar-refractivity contribution in [2.24, 2.45) is 0 Å². The van der Waals surface area contributed by atoms with Gasteiger partial charge in [-0.15, -0.1) is 0 Å². The zero-order valence-electron chi connectivity index (χ0n) is 10.9. The molecule has 5 nitrogen and oxygen atoms in total. The van der Waals surface area contributed by atoms with Crippen LogP contribution in [0.15, 0.2) is 48.9 Å². The normalized spacial score (nSPS) is 10.8. The molecule has 0 saturated carbocycles. The van der Waals surface area contributed by atoms with Crippen LogP contribution in [0.2, 0.25) is 0 Å². The van der Waals surface area contributed by atoms with Crippen LogP contribution in [0.1, 0.15) is 5.69 Å². The van der Waals surface area contributed by atoms with Gasteiger partial charge in [0, 0.05) is 28.7 Å². The molecule has 21 heavy (non-hydrogen) atoms. The van der Waals surface area contributed by atoms with Gasteiger partial charge in [0.25, 0.3) is 0 Å². The lowest BCUT2D eigenvalue weighted by Gasteiger charge is -2.00. The minimum atomic E-state index is 0.395. The average molecular weight is 271 g/mol. The van der Waals surface area contributed by atoms with Crippen molar-refractivity contribution >= 4 is 21.9 Å². The molecule has 4 rings (SSSR count). The molecule has 98 valence electrons. The lowest BCUT2D eigenvalue weighted by atomic mass is 10.1. The van der Waals surface area contributed by atoms with Gasteiger partial charge in [0.15, 0.2) is 0 Å². The Hall–Kier alpha value is -3.26. The molecule has 0 aliphatic carbocycles. The first-order chi connectivity index (χ1) is 10.3. The average Bonchev–Trinajstić information content (AvgIpc) is 2.92. The quantitative estimate of drug-likeness (QED) is 0.577. The smallest absolute Gasteiger partial charge is 0.141 e. The van der Waals surface area contributed by atoms with E-state index in [2.05, 4.69) is 26.0 Å². The number of hydrogen-bond donors (Lipinski definition) is 1. The highest BCUT2D eigenvalue weighted by Gasteiger charge is 2.09. The minimum absolute atomic E-state index is 0.395. The van der Waals surface area contributed by atoms with Gasteiger partial charge in [-0.1, -0.05) is 6.07 Å². The Balaban J connectivity index is 2.02. The third-order valence-electron chi connectivity index (χ3n) is 3.41. The van der Waals surface area contributed by atoms with Crippen molar-refractivity contribution in [3.8, 4) is 17.3 Å². The number of H-pyrrole nitrogens is 1. The lowest BCUT2D eigenvalue weighted by molar-refractivity contribution is 1.27. The summed E-state index contributed by atoms with van der Waals surface area (Å²) in [6.45, 7) is 0. The summed E-state index contributed by atoms with van der Waals surface area (Å²) in [7, 11) is 0. The van der Waals surface area contributed by atoms with E-state index in [0.29, 0.717) is 5.69 Å². The van der Waals surface area contributed by atoms with Crippen molar-refractivity contribution in [1.29, 1.82) is 5.26 Å². The summed E-state index contributed by atoms with van der Waals surface area (Å²) in [4.78, 5) is 16.1. The van der Waals surface area contributed by atoms with E-state index in [1.54, 1.807) is 24.7 Å². The van der Waals surface area contributed by atoms with E-state index in [1.165, 1.54) is 0 Å². The van der Waals surface area contributed by atoms with Gasteiger partial charge in [-0.3, -0.25) is 4.98 Å². The van der Waals surface area contributed by atoms with E-state index >= 15 is 0 Å². The number of pyridine rings is 3. The molecule has 0 radical (unpaired) electrons. The Bertz CT molecular complexity index is 996. The Kier molecular flexibility index (Phi) is 2.42. The zero-order valence-corrected chi connectivity index (χ0v) is 10.9. The predicted octanol–water partition coefficient (Wildman–Crippen LogP) is 3.04. The lowest BCUT2D eigenvalue weighted by Crippen LogP contribution is -1.84. The van der Waals surface area contributed by atoms with Gasteiger partial charge in [0.1, 0.15) is 17.4 Å². The van der Waals surface area contributed by atoms with Crippen LogP contribution in [0.5, 0.6) is 0 Å². The summed E-state index contributed by atoms with van der Waals surface area (Å²) in [5.74, 6) is 0. The highest BCUT2D eigenvalue weighted by atomic mass is 14.9.